The summed E-state index contributed by atoms with van der Waals surface area (Å²) >= 11 is 0. The highest BCUT2D eigenvalue weighted by molar-refractivity contribution is 5.92. The number of anilines is 1. The third kappa shape index (κ3) is 2.75. The molecular weight excluding hydrogens is 256 g/mol. The van der Waals surface area contributed by atoms with Gasteiger partial charge in [-0.3, -0.25) is 4.79 Å². The second-order valence-electron chi connectivity index (χ2n) is 5.56. The van der Waals surface area contributed by atoms with Crippen molar-refractivity contribution in [2.45, 2.75) is 39.3 Å². The van der Waals surface area contributed by atoms with Crippen LogP contribution in [0.1, 0.15) is 37.7 Å². The van der Waals surface area contributed by atoms with E-state index in [1.807, 2.05) is 6.92 Å². The average Bonchev–Trinajstić information content (AvgIpc) is 2.46. The van der Waals surface area contributed by atoms with Gasteiger partial charge < -0.3 is 15.4 Å². The van der Waals surface area contributed by atoms with Gasteiger partial charge in [-0.05, 0) is 13.3 Å². The number of nitrogens with one attached hydrogen (secondary N) is 2. The topological polar surface area (TPSA) is 76.1 Å². The fraction of sp³-hybridized carbons (Fsp3) is 0.643. The number of amides is 1. The van der Waals surface area contributed by atoms with Crippen LogP contribution in [-0.4, -0.2) is 41.7 Å². The molecule has 0 saturated heterocycles. The van der Waals surface area contributed by atoms with Crippen LogP contribution in [0.2, 0.25) is 0 Å². The number of ether oxygens (including phenoxy) is 1. The van der Waals surface area contributed by atoms with Crippen LogP contribution in [0.4, 0.5) is 5.82 Å². The zero-order chi connectivity index (χ0) is 14.8. The standard InChI is InChI=1S/C14H22N4O2/c1-5-20-11-6-10(14(11,2)3)18-13(19)9-7-17-12(15-4)8-16-9/h7-8,10-11H,5-6H2,1-4H3,(H,15,17)(H,18,19). The van der Waals surface area contributed by atoms with Gasteiger partial charge in [-0.2, -0.15) is 0 Å². The van der Waals surface area contributed by atoms with Crippen molar-refractivity contribution in [1.82, 2.24) is 15.3 Å². The van der Waals surface area contributed by atoms with Gasteiger partial charge in [0.15, 0.2) is 0 Å². The molecule has 0 aliphatic heterocycles. The molecule has 6 nitrogen and oxygen atoms in total. The van der Waals surface area contributed by atoms with E-state index in [2.05, 4.69) is 34.4 Å². The normalized spacial score (nSPS) is 23.8. The Morgan fingerprint density at radius 1 is 1.45 bits per heavy atom. The first-order chi connectivity index (χ1) is 9.48. The molecule has 2 rings (SSSR count). The third-order valence-electron chi connectivity index (χ3n) is 3.99. The lowest BCUT2D eigenvalue weighted by atomic mass is 9.64. The number of nitrogens with zero attached hydrogens (tertiary/aromatic N) is 2. The van der Waals surface area contributed by atoms with Gasteiger partial charge in [-0.15, -0.1) is 0 Å². The van der Waals surface area contributed by atoms with Crippen molar-refractivity contribution >= 4 is 11.7 Å². The van der Waals surface area contributed by atoms with Crippen LogP contribution >= 0.6 is 0 Å². The van der Waals surface area contributed by atoms with Crippen molar-refractivity contribution < 1.29 is 9.53 Å². The summed E-state index contributed by atoms with van der Waals surface area (Å²) in [6.07, 6.45) is 4.07. The van der Waals surface area contributed by atoms with Gasteiger partial charge >= 0.3 is 0 Å². The first kappa shape index (κ1) is 14.7. The van der Waals surface area contributed by atoms with Crippen LogP contribution in [0.15, 0.2) is 12.4 Å². The zero-order valence-electron chi connectivity index (χ0n) is 12.4. The molecule has 1 aromatic heterocycles. The zero-order valence-corrected chi connectivity index (χ0v) is 12.4. The van der Waals surface area contributed by atoms with E-state index in [0.29, 0.717) is 18.1 Å². The van der Waals surface area contributed by atoms with Crippen LogP contribution in [0.3, 0.4) is 0 Å². The molecule has 0 bridgehead atoms. The molecule has 1 aliphatic carbocycles. The van der Waals surface area contributed by atoms with E-state index in [1.54, 1.807) is 13.2 Å². The first-order valence-corrected chi connectivity index (χ1v) is 6.91. The minimum absolute atomic E-state index is 0.0516. The molecular formula is C14H22N4O2. The summed E-state index contributed by atoms with van der Waals surface area (Å²) in [6.45, 7) is 6.90. The summed E-state index contributed by atoms with van der Waals surface area (Å²) in [4.78, 5) is 20.3. The number of carbonyl (C=O) groups excluding carboxylic acids is 1. The van der Waals surface area contributed by atoms with E-state index in [0.717, 1.165) is 6.42 Å². The molecule has 0 aromatic carbocycles. The Morgan fingerprint density at radius 3 is 2.70 bits per heavy atom. The number of rotatable bonds is 5. The Balaban J connectivity index is 1.95. The highest BCUT2D eigenvalue weighted by atomic mass is 16.5. The number of carbonyl (C=O) groups is 1. The van der Waals surface area contributed by atoms with Crippen LogP contribution in [0, 0.1) is 5.41 Å². The van der Waals surface area contributed by atoms with Gasteiger partial charge in [0.2, 0.25) is 0 Å². The highest BCUT2D eigenvalue weighted by Crippen LogP contribution is 2.42. The summed E-state index contributed by atoms with van der Waals surface area (Å²) in [5.74, 6) is 0.454. The molecule has 1 saturated carbocycles. The number of hydrogen-bond acceptors (Lipinski definition) is 5. The Hall–Kier alpha value is -1.69. The Kier molecular flexibility index (Phi) is 4.23. The Labute approximate surface area is 119 Å². The van der Waals surface area contributed by atoms with Gasteiger partial charge in [0.1, 0.15) is 11.5 Å². The van der Waals surface area contributed by atoms with Gasteiger partial charge in [-0.25, -0.2) is 9.97 Å². The van der Waals surface area contributed by atoms with Crippen molar-refractivity contribution in [1.29, 1.82) is 0 Å². The first-order valence-electron chi connectivity index (χ1n) is 6.91. The second kappa shape index (κ2) is 5.75. The van der Waals surface area contributed by atoms with E-state index in [-0.39, 0.29) is 23.5 Å². The van der Waals surface area contributed by atoms with Crippen molar-refractivity contribution in [3.8, 4) is 0 Å². The summed E-state index contributed by atoms with van der Waals surface area (Å²) in [5, 5.41) is 5.87. The Bertz CT molecular complexity index is 473. The van der Waals surface area contributed by atoms with Crippen molar-refractivity contribution in [3.63, 3.8) is 0 Å². The van der Waals surface area contributed by atoms with Crippen molar-refractivity contribution in [2.24, 2.45) is 5.41 Å². The fourth-order valence-corrected chi connectivity index (χ4v) is 2.42. The lowest BCUT2D eigenvalue weighted by Gasteiger charge is -2.51. The molecule has 1 heterocycles. The largest absolute Gasteiger partial charge is 0.378 e. The predicted octanol–water partition coefficient (Wildman–Crippen LogP) is 1.45. The van der Waals surface area contributed by atoms with Crippen molar-refractivity contribution in [3.05, 3.63) is 18.1 Å². The van der Waals surface area contributed by atoms with Gasteiger partial charge in [0.05, 0.1) is 18.5 Å². The van der Waals surface area contributed by atoms with E-state index >= 15 is 0 Å². The minimum Gasteiger partial charge on any atom is -0.378 e. The van der Waals surface area contributed by atoms with Crippen LogP contribution in [-0.2, 0) is 4.74 Å². The monoisotopic (exact) mass is 278 g/mol. The van der Waals surface area contributed by atoms with Crippen LogP contribution in [0.25, 0.3) is 0 Å². The summed E-state index contributed by atoms with van der Waals surface area (Å²) < 4.78 is 5.65. The molecule has 2 unspecified atom stereocenters. The second-order valence-corrected chi connectivity index (χ2v) is 5.56. The summed E-state index contributed by atoms with van der Waals surface area (Å²) in [5.41, 5.74) is 0.281. The Morgan fingerprint density at radius 2 is 2.20 bits per heavy atom. The fourth-order valence-electron chi connectivity index (χ4n) is 2.42. The SMILES string of the molecule is CCOC1CC(NC(=O)c2cnc(NC)cn2)C1(C)C. The summed E-state index contributed by atoms with van der Waals surface area (Å²) in [7, 11) is 1.76. The van der Waals surface area contributed by atoms with E-state index in [4.69, 9.17) is 4.74 Å². The van der Waals surface area contributed by atoms with Crippen LogP contribution in [0.5, 0.6) is 0 Å². The molecule has 110 valence electrons. The maximum Gasteiger partial charge on any atom is 0.271 e. The molecule has 2 N–H and O–H groups in total. The minimum atomic E-state index is -0.187. The highest BCUT2D eigenvalue weighted by Gasteiger charge is 2.49. The van der Waals surface area contributed by atoms with Gasteiger partial charge in [-0.1, -0.05) is 13.8 Å². The van der Waals surface area contributed by atoms with E-state index in [9.17, 15) is 4.79 Å². The molecule has 1 aromatic rings. The molecule has 2 atom stereocenters. The van der Waals surface area contributed by atoms with E-state index < -0.39 is 0 Å². The third-order valence-corrected chi connectivity index (χ3v) is 3.99. The predicted molar refractivity (Wildman–Crippen MR) is 76.6 cm³/mol. The molecule has 0 radical (unpaired) electrons. The number of aromatic nitrogens is 2. The summed E-state index contributed by atoms with van der Waals surface area (Å²) in [6, 6.07) is 0.109. The lowest BCUT2D eigenvalue weighted by Crippen LogP contribution is -2.62. The maximum absolute atomic E-state index is 12.1. The molecule has 20 heavy (non-hydrogen) atoms. The van der Waals surface area contributed by atoms with Gasteiger partial charge in [0.25, 0.3) is 5.91 Å². The van der Waals surface area contributed by atoms with Crippen molar-refractivity contribution in [2.75, 3.05) is 19.0 Å². The molecule has 0 spiro atoms. The quantitative estimate of drug-likeness (QED) is 0.852. The molecule has 6 heteroatoms. The smallest absolute Gasteiger partial charge is 0.271 e. The lowest BCUT2D eigenvalue weighted by molar-refractivity contribution is -0.111. The maximum atomic E-state index is 12.1. The average molecular weight is 278 g/mol. The molecule has 1 aliphatic rings. The molecule has 1 fully saturated rings. The van der Waals surface area contributed by atoms with Gasteiger partial charge in [0, 0.05) is 25.1 Å². The molecule has 1 amide bonds. The van der Waals surface area contributed by atoms with Crippen LogP contribution < -0.4 is 10.6 Å². The number of hydrogen-bond donors (Lipinski definition) is 2. The van der Waals surface area contributed by atoms with E-state index in [1.165, 1.54) is 6.20 Å².